The standard InChI is InChI=1S/C21H27N3S/c25-21(22-14-13-18-9-3-1-4-10-18)23-17-20(24-15-7-8-16-24)19-11-5-2-6-12-19/h1-6,9-12,20H,7-8,13-17H2,(H2,22,23,25)/t20-/m0/s1. The Hall–Kier alpha value is -1.91. The highest BCUT2D eigenvalue weighted by molar-refractivity contribution is 7.80. The number of thiocarbonyl (C=S) groups is 1. The number of hydrogen-bond donors (Lipinski definition) is 2. The zero-order valence-electron chi connectivity index (χ0n) is 14.7. The summed E-state index contributed by atoms with van der Waals surface area (Å²) in [6, 6.07) is 21.6. The van der Waals surface area contributed by atoms with E-state index in [1.807, 2.05) is 6.07 Å². The third kappa shape index (κ3) is 5.55. The van der Waals surface area contributed by atoms with Crippen LogP contribution >= 0.6 is 12.2 Å². The summed E-state index contributed by atoms with van der Waals surface area (Å²) in [4.78, 5) is 2.56. The van der Waals surface area contributed by atoms with Crippen molar-refractivity contribution in [2.24, 2.45) is 0 Å². The average Bonchev–Trinajstić information content (AvgIpc) is 3.18. The predicted molar refractivity (Wildman–Crippen MR) is 109 cm³/mol. The Bertz CT molecular complexity index is 639. The van der Waals surface area contributed by atoms with E-state index in [0.717, 1.165) is 24.6 Å². The van der Waals surface area contributed by atoms with Crippen LogP contribution in [-0.4, -0.2) is 36.2 Å². The molecule has 1 aliphatic heterocycles. The highest BCUT2D eigenvalue weighted by atomic mass is 32.1. The number of benzene rings is 2. The Labute approximate surface area is 156 Å². The first-order valence-corrected chi connectivity index (χ1v) is 9.58. The lowest BCUT2D eigenvalue weighted by molar-refractivity contribution is 0.245. The summed E-state index contributed by atoms with van der Waals surface area (Å²) in [6.07, 6.45) is 3.57. The fraction of sp³-hybridized carbons (Fsp3) is 0.381. The molecule has 0 unspecified atom stereocenters. The normalized spacial score (nSPS) is 15.7. The first-order valence-electron chi connectivity index (χ1n) is 9.17. The maximum Gasteiger partial charge on any atom is 0.166 e. The van der Waals surface area contributed by atoms with Crippen molar-refractivity contribution in [3.05, 3.63) is 71.8 Å². The molecular weight excluding hydrogens is 326 g/mol. The second-order valence-corrected chi connectivity index (χ2v) is 6.95. The minimum Gasteiger partial charge on any atom is -0.362 e. The second-order valence-electron chi connectivity index (χ2n) is 6.54. The Morgan fingerprint density at radius 3 is 2.24 bits per heavy atom. The van der Waals surface area contributed by atoms with Gasteiger partial charge in [-0.05, 0) is 55.7 Å². The molecule has 0 amide bonds. The number of rotatable bonds is 7. The summed E-state index contributed by atoms with van der Waals surface area (Å²) in [5, 5.41) is 7.50. The van der Waals surface area contributed by atoms with Crippen molar-refractivity contribution in [2.45, 2.75) is 25.3 Å². The summed E-state index contributed by atoms with van der Waals surface area (Å²) >= 11 is 5.47. The molecule has 0 aliphatic carbocycles. The number of nitrogens with one attached hydrogen (secondary N) is 2. The van der Waals surface area contributed by atoms with Gasteiger partial charge in [0.1, 0.15) is 0 Å². The summed E-state index contributed by atoms with van der Waals surface area (Å²) in [6.45, 7) is 4.06. The van der Waals surface area contributed by atoms with Crippen LogP contribution in [-0.2, 0) is 6.42 Å². The van der Waals surface area contributed by atoms with Gasteiger partial charge in [-0.2, -0.15) is 0 Å². The smallest absolute Gasteiger partial charge is 0.166 e. The molecule has 1 heterocycles. The van der Waals surface area contributed by atoms with E-state index in [-0.39, 0.29) is 0 Å². The molecule has 3 nitrogen and oxygen atoms in total. The van der Waals surface area contributed by atoms with Gasteiger partial charge in [-0.25, -0.2) is 0 Å². The van der Waals surface area contributed by atoms with Crippen LogP contribution in [0, 0.1) is 0 Å². The van der Waals surface area contributed by atoms with Gasteiger partial charge in [0, 0.05) is 13.1 Å². The topological polar surface area (TPSA) is 27.3 Å². The Morgan fingerprint density at radius 1 is 0.920 bits per heavy atom. The number of likely N-dealkylation sites (tertiary alicyclic amines) is 1. The highest BCUT2D eigenvalue weighted by Gasteiger charge is 2.23. The molecule has 1 saturated heterocycles. The Kier molecular flexibility index (Phi) is 6.83. The molecule has 2 N–H and O–H groups in total. The van der Waals surface area contributed by atoms with Gasteiger partial charge in [0.15, 0.2) is 5.11 Å². The van der Waals surface area contributed by atoms with Crippen molar-refractivity contribution in [2.75, 3.05) is 26.2 Å². The van der Waals surface area contributed by atoms with Gasteiger partial charge in [-0.15, -0.1) is 0 Å². The van der Waals surface area contributed by atoms with E-state index in [1.165, 1.54) is 37.1 Å². The van der Waals surface area contributed by atoms with Gasteiger partial charge in [0.25, 0.3) is 0 Å². The molecule has 2 aromatic rings. The molecule has 1 aliphatic rings. The number of nitrogens with zero attached hydrogens (tertiary/aromatic N) is 1. The predicted octanol–water partition coefficient (Wildman–Crippen LogP) is 3.53. The fourth-order valence-corrected chi connectivity index (χ4v) is 3.59. The molecular formula is C21H27N3S. The average molecular weight is 354 g/mol. The fourth-order valence-electron chi connectivity index (χ4n) is 3.40. The lowest BCUT2D eigenvalue weighted by atomic mass is 10.1. The summed E-state index contributed by atoms with van der Waals surface area (Å²) in [5.74, 6) is 0. The quantitative estimate of drug-likeness (QED) is 0.745. The molecule has 0 spiro atoms. The van der Waals surface area contributed by atoms with E-state index in [4.69, 9.17) is 12.2 Å². The SMILES string of the molecule is S=C(NCCc1ccccc1)NC[C@@H](c1ccccc1)N1CCCC1. The maximum atomic E-state index is 5.47. The molecule has 2 aromatic carbocycles. The molecule has 4 heteroatoms. The summed E-state index contributed by atoms with van der Waals surface area (Å²) in [7, 11) is 0. The van der Waals surface area contributed by atoms with E-state index in [0.29, 0.717) is 6.04 Å². The van der Waals surface area contributed by atoms with Crippen LogP contribution in [0.15, 0.2) is 60.7 Å². The largest absolute Gasteiger partial charge is 0.362 e. The molecule has 3 rings (SSSR count). The van der Waals surface area contributed by atoms with E-state index in [2.05, 4.69) is 70.1 Å². The van der Waals surface area contributed by atoms with Crippen molar-refractivity contribution in [3.8, 4) is 0 Å². The third-order valence-corrected chi connectivity index (χ3v) is 5.05. The molecule has 0 aromatic heterocycles. The van der Waals surface area contributed by atoms with Crippen molar-refractivity contribution < 1.29 is 0 Å². The first-order chi connectivity index (χ1) is 12.3. The van der Waals surface area contributed by atoms with E-state index >= 15 is 0 Å². The Morgan fingerprint density at radius 2 is 1.56 bits per heavy atom. The van der Waals surface area contributed by atoms with E-state index < -0.39 is 0 Å². The van der Waals surface area contributed by atoms with Crippen LogP contribution in [0.2, 0.25) is 0 Å². The van der Waals surface area contributed by atoms with Crippen LogP contribution < -0.4 is 10.6 Å². The van der Waals surface area contributed by atoms with Gasteiger partial charge in [-0.1, -0.05) is 60.7 Å². The van der Waals surface area contributed by atoms with E-state index in [1.54, 1.807) is 0 Å². The van der Waals surface area contributed by atoms with Crippen molar-refractivity contribution >= 4 is 17.3 Å². The molecule has 1 fully saturated rings. The zero-order chi connectivity index (χ0) is 17.3. The minimum absolute atomic E-state index is 0.387. The highest BCUT2D eigenvalue weighted by Crippen LogP contribution is 2.24. The van der Waals surface area contributed by atoms with Gasteiger partial charge < -0.3 is 10.6 Å². The van der Waals surface area contributed by atoms with Crippen LogP contribution in [0.3, 0.4) is 0 Å². The summed E-state index contributed by atoms with van der Waals surface area (Å²) in [5.41, 5.74) is 2.70. The van der Waals surface area contributed by atoms with Crippen molar-refractivity contribution in [1.82, 2.24) is 15.5 Å². The summed E-state index contributed by atoms with van der Waals surface area (Å²) < 4.78 is 0. The molecule has 25 heavy (non-hydrogen) atoms. The van der Waals surface area contributed by atoms with Gasteiger partial charge in [-0.3, -0.25) is 4.90 Å². The zero-order valence-corrected chi connectivity index (χ0v) is 15.5. The third-order valence-electron chi connectivity index (χ3n) is 4.76. The minimum atomic E-state index is 0.387. The first kappa shape index (κ1) is 17.9. The lowest BCUT2D eigenvalue weighted by Gasteiger charge is -2.28. The van der Waals surface area contributed by atoms with Crippen molar-refractivity contribution in [3.63, 3.8) is 0 Å². The van der Waals surface area contributed by atoms with E-state index in [9.17, 15) is 0 Å². The van der Waals surface area contributed by atoms with Crippen LogP contribution in [0.25, 0.3) is 0 Å². The van der Waals surface area contributed by atoms with Gasteiger partial charge in [0.05, 0.1) is 6.04 Å². The molecule has 0 saturated carbocycles. The lowest BCUT2D eigenvalue weighted by Crippen LogP contribution is -2.42. The van der Waals surface area contributed by atoms with Gasteiger partial charge in [0.2, 0.25) is 0 Å². The monoisotopic (exact) mass is 353 g/mol. The van der Waals surface area contributed by atoms with Crippen LogP contribution in [0.5, 0.6) is 0 Å². The van der Waals surface area contributed by atoms with Crippen LogP contribution in [0.4, 0.5) is 0 Å². The van der Waals surface area contributed by atoms with Gasteiger partial charge >= 0.3 is 0 Å². The van der Waals surface area contributed by atoms with Crippen LogP contribution in [0.1, 0.15) is 30.0 Å². The maximum absolute atomic E-state index is 5.47. The molecule has 0 radical (unpaired) electrons. The second kappa shape index (κ2) is 9.54. The Balaban J connectivity index is 1.48. The molecule has 132 valence electrons. The van der Waals surface area contributed by atoms with Crippen molar-refractivity contribution in [1.29, 1.82) is 0 Å². The molecule has 1 atom stereocenters. The molecule has 0 bridgehead atoms. The number of hydrogen-bond acceptors (Lipinski definition) is 2.